The van der Waals surface area contributed by atoms with Crippen molar-refractivity contribution < 1.29 is 0 Å². The first-order chi connectivity index (χ1) is 8.72. The van der Waals surface area contributed by atoms with Crippen LogP contribution in [0.5, 0.6) is 0 Å². The number of hydrogen-bond acceptors (Lipinski definition) is 2. The van der Waals surface area contributed by atoms with Crippen molar-refractivity contribution in [3.63, 3.8) is 0 Å². The van der Waals surface area contributed by atoms with E-state index in [1.54, 1.807) is 0 Å². The lowest BCUT2D eigenvalue weighted by atomic mass is 10.3. The number of aryl methyl sites for hydroxylation is 1. The van der Waals surface area contributed by atoms with Crippen LogP contribution in [0.15, 0.2) is 36.5 Å². The predicted molar refractivity (Wildman–Crippen MR) is 74.0 cm³/mol. The lowest BCUT2D eigenvalue weighted by molar-refractivity contribution is 0.599. The van der Waals surface area contributed by atoms with E-state index in [9.17, 15) is 0 Å². The Morgan fingerprint density at radius 1 is 1.33 bits per heavy atom. The van der Waals surface area contributed by atoms with Gasteiger partial charge in [-0.05, 0) is 37.3 Å². The zero-order valence-corrected chi connectivity index (χ0v) is 10.9. The molecular weight excluding hydrogens is 222 g/mol. The maximum atomic E-state index is 4.56. The van der Waals surface area contributed by atoms with Crippen LogP contribution in [0.25, 0.3) is 0 Å². The minimum Gasteiger partial charge on any atom is -0.326 e. The first kappa shape index (κ1) is 11.3. The number of nitrogens with one attached hydrogen (secondary N) is 1. The topological polar surface area (TPSA) is 29.9 Å². The smallest absolute Gasteiger partial charge is 0.207 e. The van der Waals surface area contributed by atoms with Gasteiger partial charge in [0.05, 0.1) is 5.69 Å². The molecule has 1 fully saturated rings. The average molecular weight is 241 g/mol. The number of benzene rings is 1. The van der Waals surface area contributed by atoms with Crippen molar-refractivity contribution in [3.05, 3.63) is 42.2 Å². The molecule has 1 N–H and O–H groups in total. The first-order valence-electron chi connectivity index (χ1n) is 6.58. The summed E-state index contributed by atoms with van der Waals surface area (Å²) in [6.45, 7) is 5.44. The summed E-state index contributed by atoms with van der Waals surface area (Å²) in [6.07, 6.45) is 3.48. The van der Waals surface area contributed by atoms with Gasteiger partial charge < -0.3 is 9.88 Å². The molecule has 0 spiro atoms. The second-order valence-electron chi connectivity index (χ2n) is 5.32. The number of nitrogens with zero attached hydrogens (tertiary/aromatic N) is 2. The zero-order valence-electron chi connectivity index (χ0n) is 10.9. The van der Waals surface area contributed by atoms with Crippen LogP contribution in [0.2, 0.25) is 0 Å². The van der Waals surface area contributed by atoms with Crippen LogP contribution in [0.3, 0.4) is 0 Å². The fourth-order valence-electron chi connectivity index (χ4n) is 2.34. The normalized spacial score (nSPS) is 21.9. The Morgan fingerprint density at radius 2 is 2.06 bits per heavy atom. The summed E-state index contributed by atoms with van der Waals surface area (Å²) >= 11 is 0. The molecule has 2 unspecified atom stereocenters. The lowest BCUT2D eigenvalue weighted by Gasteiger charge is -2.09. The van der Waals surface area contributed by atoms with Crippen molar-refractivity contribution >= 4 is 11.6 Å². The Hall–Kier alpha value is -1.77. The molecule has 0 bridgehead atoms. The highest BCUT2D eigenvalue weighted by atomic mass is 15.2. The molecule has 0 aliphatic heterocycles. The molecule has 94 valence electrons. The van der Waals surface area contributed by atoms with Gasteiger partial charge in [-0.15, -0.1) is 0 Å². The fraction of sp³-hybridized carbons (Fsp3) is 0.400. The average Bonchev–Trinajstić information content (AvgIpc) is 2.93. The third-order valence-electron chi connectivity index (χ3n) is 3.63. The van der Waals surface area contributed by atoms with Crippen molar-refractivity contribution in [1.82, 2.24) is 9.55 Å². The van der Waals surface area contributed by atoms with E-state index in [2.05, 4.69) is 40.1 Å². The number of hydrogen-bond donors (Lipinski definition) is 1. The van der Waals surface area contributed by atoms with Crippen LogP contribution in [-0.4, -0.2) is 9.55 Å². The number of anilines is 2. The molecule has 3 heteroatoms. The minimum atomic E-state index is 0.829. The Labute approximate surface area is 108 Å². The van der Waals surface area contributed by atoms with Crippen LogP contribution in [-0.2, 0) is 6.54 Å². The van der Waals surface area contributed by atoms with Crippen LogP contribution in [0.4, 0.5) is 11.6 Å². The summed E-state index contributed by atoms with van der Waals surface area (Å²) in [7, 11) is 0. The van der Waals surface area contributed by atoms with E-state index >= 15 is 0 Å². The van der Waals surface area contributed by atoms with Crippen molar-refractivity contribution in [2.45, 2.75) is 26.8 Å². The van der Waals surface area contributed by atoms with Gasteiger partial charge in [-0.1, -0.05) is 25.1 Å². The van der Waals surface area contributed by atoms with Gasteiger partial charge in [-0.2, -0.15) is 0 Å². The summed E-state index contributed by atoms with van der Waals surface area (Å²) in [5, 5.41) is 3.39. The molecule has 0 amide bonds. The van der Waals surface area contributed by atoms with Gasteiger partial charge in [0, 0.05) is 18.4 Å². The van der Waals surface area contributed by atoms with E-state index in [-0.39, 0.29) is 0 Å². The van der Waals surface area contributed by atoms with Gasteiger partial charge >= 0.3 is 0 Å². The van der Waals surface area contributed by atoms with Gasteiger partial charge in [-0.25, -0.2) is 4.98 Å². The Balaban J connectivity index is 1.78. The third-order valence-corrected chi connectivity index (χ3v) is 3.63. The lowest BCUT2D eigenvalue weighted by Crippen LogP contribution is -2.05. The maximum Gasteiger partial charge on any atom is 0.207 e. The van der Waals surface area contributed by atoms with Crippen molar-refractivity contribution in [1.29, 1.82) is 0 Å². The predicted octanol–water partition coefficient (Wildman–Crippen LogP) is 3.59. The molecule has 2 atom stereocenters. The molecule has 3 nitrogen and oxygen atoms in total. The Kier molecular flexibility index (Phi) is 2.82. The molecule has 0 radical (unpaired) electrons. The summed E-state index contributed by atoms with van der Waals surface area (Å²) < 4.78 is 2.25. The van der Waals surface area contributed by atoms with Crippen LogP contribution in [0, 0.1) is 18.8 Å². The quantitative estimate of drug-likeness (QED) is 0.886. The van der Waals surface area contributed by atoms with E-state index < -0.39 is 0 Å². The second-order valence-corrected chi connectivity index (χ2v) is 5.32. The standard InChI is InChI=1S/C15H19N3/c1-11-8-13(11)10-18-9-12(2)16-15(18)17-14-6-4-3-5-7-14/h3-7,9,11,13H,8,10H2,1-2H3,(H,16,17). The minimum absolute atomic E-state index is 0.829. The molecule has 18 heavy (non-hydrogen) atoms. The van der Waals surface area contributed by atoms with Crippen LogP contribution >= 0.6 is 0 Å². The van der Waals surface area contributed by atoms with Gasteiger partial charge in [0.15, 0.2) is 0 Å². The van der Waals surface area contributed by atoms with Gasteiger partial charge in [0.2, 0.25) is 5.95 Å². The van der Waals surface area contributed by atoms with Crippen LogP contribution in [0.1, 0.15) is 19.0 Å². The number of para-hydroxylation sites is 1. The van der Waals surface area contributed by atoms with Gasteiger partial charge in [0.1, 0.15) is 0 Å². The van der Waals surface area contributed by atoms with E-state index in [0.29, 0.717) is 0 Å². The van der Waals surface area contributed by atoms with Crippen LogP contribution < -0.4 is 5.32 Å². The molecular formula is C15H19N3. The Morgan fingerprint density at radius 3 is 2.72 bits per heavy atom. The second kappa shape index (κ2) is 4.48. The summed E-state index contributed by atoms with van der Waals surface area (Å²) in [6, 6.07) is 10.2. The molecule has 1 aliphatic rings. The maximum absolute atomic E-state index is 4.56. The molecule has 1 heterocycles. The SMILES string of the molecule is Cc1cn(CC2CC2C)c(Nc2ccccc2)n1. The molecule has 1 aromatic heterocycles. The van der Waals surface area contributed by atoms with E-state index in [1.807, 2.05) is 25.1 Å². The molecule has 3 rings (SSSR count). The highest BCUT2D eigenvalue weighted by Gasteiger charge is 2.33. The molecule has 2 aromatic rings. The van der Waals surface area contributed by atoms with Crippen molar-refractivity contribution in [2.75, 3.05) is 5.32 Å². The fourth-order valence-corrected chi connectivity index (χ4v) is 2.34. The van der Waals surface area contributed by atoms with Gasteiger partial charge in [-0.3, -0.25) is 0 Å². The first-order valence-corrected chi connectivity index (χ1v) is 6.58. The number of rotatable bonds is 4. The highest BCUT2D eigenvalue weighted by Crippen LogP contribution is 2.39. The number of imidazole rings is 1. The largest absolute Gasteiger partial charge is 0.326 e. The summed E-state index contributed by atoms with van der Waals surface area (Å²) in [4.78, 5) is 4.56. The molecule has 1 saturated carbocycles. The van der Waals surface area contributed by atoms with Crippen molar-refractivity contribution in [2.24, 2.45) is 11.8 Å². The highest BCUT2D eigenvalue weighted by molar-refractivity contribution is 5.53. The molecule has 1 aromatic carbocycles. The van der Waals surface area contributed by atoms with Gasteiger partial charge in [0.25, 0.3) is 0 Å². The number of aromatic nitrogens is 2. The van der Waals surface area contributed by atoms with Crippen molar-refractivity contribution in [3.8, 4) is 0 Å². The van der Waals surface area contributed by atoms with E-state index in [1.165, 1.54) is 6.42 Å². The summed E-state index contributed by atoms with van der Waals surface area (Å²) in [5.41, 5.74) is 2.16. The molecule has 1 aliphatic carbocycles. The van der Waals surface area contributed by atoms with E-state index in [4.69, 9.17) is 0 Å². The summed E-state index contributed by atoms with van der Waals surface area (Å²) in [5.74, 6) is 2.66. The van der Waals surface area contributed by atoms with E-state index in [0.717, 1.165) is 35.7 Å². The molecule has 0 saturated heterocycles. The monoisotopic (exact) mass is 241 g/mol. The zero-order chi connectivity index (χ0) is 12.5. The third kappa shape index (κ3) is 2.40. The Bertz CT molecular complexity index is 530.